The SMILES string of the molecule is COC1CN(C)CC1NC(=O)C1(c2ccc(-c3cccn3C)nc2)CCN(c2ccc(C(F)(F)F)cc2C#N)CC1. The highest BCUT2D eigenvalue weighted by atomic mass is 19.4. The lowest BCUT2D eigenvalue weighted by Crippen LogP contribution is -2.56. The molecule has 1 aromatic carbocycles. The Morgan fingerprint density at radius 3 is 2.49 bits per heavy atom. The van der Waals surface area contributed by atoms with E-state index in [1.54, 1.807) is 13.3 Å². The van der Waals surface area contributed by atoms with Gasteiger partial charge in [0.15, 0.2) is 0 Å². The number of carbonyl (C=O) groups excluding carboxylic acids is 1. The number of methoxy groups -OCH3 is 1. The van der Waals surface area contributed by atoms with Gasteiger partial charge in [-0.25, -0.2) is 0 Å². The van der Waals surface area contributed by atoms with Crippen molar-refractivity contribution in [2.45, 2.75) is 36.6 Å². The molecule has 0 aliphatic carbocycles. The number of pyridine rings is 1. The van der Waals surface area contributed by atoms with Gasteiger partial charge in [0.05, 0.1) is 45.8 Å². The summed E-state index contributed by atoms with van der Waals surface area (Å²) in [5, 5.41) is 12.9. The quantitative estimate of drug-likeness (QED) is 0.486. The number of hydrogen-bond acceptors (Lipinski definition) is 6. The fourth-order valence-corrected chi connectivity index (χ4v) is 6.06. The first kappa shape index (κ1) is 28.6. The lowest BCUT2D eigenvalue weighted by Gasteiger charge is -2.42. The zero-order valence-corrected chi connectivity index (χ0v) is 23.3. The summed E-state index contributed by atoms with van der Waals surface area (Å²) in [5.74, 6) is -0.124. The van der Waals surface area contributed by atoms with Crippen molar-refractivity contribution in [3.05, 3.63) is 71.5 Å². The Balaban J connectivity index is 1.44. The highest BCUT2D eigenvalue weighted by Gasteiger charge is 2.46. The molecule has 2 aliphatic heterocycles. The summed E-state index contributed by atoms with van der Waals surface area (Å²) >= 11 is 0. The minimum Gasteiger partial charge on any atom is -0.378 e. The molecule has 0 saturated carbocycles. The van der Waals surface area contributed by atoms with Gasteiger partial charge >= 0.3 is 6.18 Å². The van der Waals surface area contributed by atoms with Crippen LogP contribution in [0.4, 0.5) is 18.9 Å². The summed E-state index contributed by atoms with van der Waals surface area (Å²) in [6.45, 7) is 2.13. The molecule has 2 fully saturated rings. The van der Waals surface area contributed by atoms with E-state index in [4.69, 9.17) is 9.72 Å². The Kier molecular flexibility index (Phi) is 7.81. The molecule has 1 N–H and O–H groups in total. The fraction of sp³-hybridized carbons (Fsp3) is 0.433. The monoisotopic (exact) mass is 566 g/mol. The molecular weight excluding hydrogens is 533 g/mol. The topological polar surface area (TPSA) is 86.4 Å². The summed E-state index contributed by atoms with van der Waals surface area (Å²) in [5.41, 5.74) is 1.14. The molecule has 0 bridgehead atoms. The Morgan fingerprint density at radius 1 is 1.15 bits per heavy atom. The zero-order chi connectivity index (χ0) is 29.4. The molecule has 1 amide bonds. The fourth-order valence-electron chi connectivity index (χ4n) is 6.06. The number of likely N-dealkylation sites (tertiary alicyclic amines) is 1. The number of aromatic nitrogens is 2. The molecule has 4 heterocycles. The molecule has 0 spiro atoms. The maximum atomic E-state index is 14.1. The second-order valence-electron chi connectivity index (χ2n) is 10.9. The van der Waals surface area contributed by atoms with E-state index in [0.29, 0.717) is 44.7 Å². The van der Waals surface area contributed by atoms with Gasteiger partial charge in [-0.05, 0) is 61.9 Å². The molecule has 11 heteroatoms. The second-order valence-corrected chi connectivity index (χ2v) is 10.9. The van der Waals surface area contributed by atoms with Gasteiger partial charge in [0, 0.05) is 52.7 Å². The van der Waals surface area contributed by atoms with E-state index >= 15 is 0 Å². The van der Waals surface area contributed by atoms with Gasteiger partial charge in [0.25, 0.3) is 0 Å². The van der Waals surface area contributed by atoms with Crippen LogP contribution in [-0.4, -0.2) is 72.8 Å². The number of carbonyl (C=O) groups is 1. The third-order valence-electron chi connectivity index (χ3n) is 8.43. The molecule has 3 aromatic rings. The Labute approximate surface area is 237 Å². The van der Waals surface area contributed by atoms with Crippen molar-refractivity contribution in [1.29, 1.82) is 5.26 Å². The number of ether oxygens (including phenoxy) is 1. The minimum absolute atomic E-state index is 0.0395. The van der Waals surface area contributed by atoms with E-state index in [1.165, 1.54) is 6.07 Å². The van der Waals surface area contributed by atoms with Crippen molar-refractivity contribution in [2.24, 2.45) is 7.05 Å². The maximum Gasteiger partial charge on any atom is 0.416 e. The van der Waals surface area contributed by atoms with Crippen LogP contribution in [0.2, 0.25) is 0 Å². The van der Waals surface area contributed by atoms with Crippen molar-refractivity contribution < 1.29 is 22.7 Å². The average molecular weight is 567 g/mol. The highest BCUT2D eigenvalue weighted by molar-refractivity contribution is 5.89. The number of nitriles is 1. The number of alkyl halides is 3. The van der Waals surface area contributed by atoms with Crippen molar-refractivity contribution in [2.75, 3.05) is 45.2 Å². The number of amides is 1. The predicted octanol–water partition coefficient (Wildman–Crippen LogP) is 3.96. The van der Waals surface area contributed by atoms with Gasteiger partial charge in [0.2, 0.25) is 5.91 Å². The molecule has 41 heavy (non-hydrogen) atoms. The number of nitrogens with one attached hydrogen (secondary N) is 1. The normalized spacial score (nSPS) is 21.0. The number of nitrogens with zero attached hydrogens (tertiary/aromatic N) is 5. The van der Waals surface area contributed by atoms with Gasteiger partial charge < -0.3 is 24.4 Å². The molecule has 2 saturated heterocycles. The van der Waals surface area contributed by atoms with E-state index < -0.39 is 17.2 Å². The largest absolute Gasteiger partial charge is 0.416 e. The first-order valence-corrected chi connectivity index (χ1v) is 13.5. The van der Waals surface area contributed by atoms with E-state index in [1.807, 2.05) is 60.1 Å². The lowest BCUT2D eigenvalue weighted by atomic mass is 9.72. The Bertz CT molecular complexity index is 1440. The molecule has 2 atom stereocenters. The number of rotatable bonds is 6. The van der Waals surface area contributed by atoms with Crippen molar-refractivity contribution >= 4 is 11.6 Å². The van der Waals surface area contributed by atoms with Gasteiger partial charge in [-0.15, -0.1) is 0 Å². The summed E-state index contributed by atoms with van der Waals surface area (Å²) in [6.07, 6.45) is -0.176. The molecule has 216 valence electrons. The number of benzene rings is 1. The van der Waals surface area contributed by atoms with E-state index in [0.717, 1.165) is 29.1 Å². The first-order chi connectivity index (χ1) is 19.6. The van der Waals surface area contributed by atoms with Crippen LogP contribution in [-0.2, 0) is 28.2 Å². The molecule has 2 aliphatic rings. The van der Waals surface area contributed by atoms with Gasteiger partial charge in [-0.1, -0.05) is 6.07 Å². The van der Waals surface area contributed by atoms with E-state index in [9.17, 15) is 23.2 Å². The number of hydrogen-bond donors (Lipinski definition) is 1. The number of aryl methyl sites for hydroxylation is 1. The molecule has 2 unspecified atom stereocenters. The molecular formula is C30H33F3N6O2. The van der Waals surface area contributed by atoms with E-state index in [2.05, 4.69) is 10.2 Å². The smallest absolute Gasteiger partial charge is 0.378 e. The third-order valence-corrected chi connectivity index (χ3v) is 8.43. The second kappa shape index (κ2) is 11.2. The van der Waals surface area contributed by atoms with Gasteiger partial charge in [-0.3, -0.25) is 9.78 Å². The lowest BCUT2D eigenvalue weighted by molar-refractivity contribution is -0.137. The van der Waals surface area contributed by atoms with Crippen LogP contribution >= 0.6 is 0 Å². The molecule has 5 rings (SSSR count). The summed E-state index contributed by atoms with van der Waals surface area (Å²) < 4.78 is 47.4. The summed E-state index contributed by atoms with van der Waals surface area (Å²) in [6, 6.07) is 12.7. The molecule has 8 nitrogen and oxygen atoms in total. The first-order valence-electron chi connectivity index (χ1n) is 13.5. The number of anilines is 1. The Hall–Kier alpha value is -3.88. The van der Waals surface area contributed by atoms with Crippen molar-refractivity contribution in [1.82, 2.24) is 19.8 Å². The summed E-state index contributed by atoms with van der Waals surface area (Å²) in [4.78, 5) is 22.8. The van der Waals surface area contributed by atoms with Crippen molar-refractivity contribution in [3.8, 4) is 17.5 Å². The van der Waals surface area contributed by atoms with Crippen LogP contribution in [0.15, 0.2) is 54.9 Å². The zero-order valence-electron chi connectivity index (χ0n) is 23.3. The maximum absolute atomic E-state index is 14.1. The van der Waals surface area contributed by atoms with Crippen LogP contribution in [0.3, 0.4) is 0 Å². The molecule has 0 radical (unpaired) electrons. The standard InChI is InChI=1S/C30H33F3N6O2/c1-37-18-24(27(19-37)41-3)36-28(40)29(22-6-8-23(35-17-22)26-5-4-12-38(26)2)10-13-39(14-11-29)25-9-7-21(30(31,32)33)15-20(25)16-34/h4-9,12,15,17,24,27H,10-11,13-14,18-19H2,1-3H3,(H,36,40). The Morgan fingerprint density at radius 2 is 1.90 bits per heavy atom. The minimum atomic E-state index is -4.54. The average Bonchev–Trinajstić information content (AvgIpc) is 3.56. The van der Waals surface area contributed by atoms with E-state index in [-0.39, 0.29) is 23.6 Å². The van der Waals surface area contributed by atoms with Crippen LogP contribution in [0.1, 0.15) is 29.5 Å². The molecule has 2 aromatic heterocycles. The van der Waals surface area contributed by atoms with Crippen LogP contribution < -0.4 is 10.2 Å². The van der Waals surface area contributed by atoms with Crippen molar-refractivity contribution in [3.63, 3.8) is 0 Å². The number of piperidine rings is 1. The number of halogens is 3. The highest BCUT2D eigenvalue weighted by Crippen LogP contribution is 2.40. The van der Waals surface area contributed by atoms with Gasteiger partial charge in [0.1, 0.15) is 6.07 Å². The van der Waals surface area contributed by atoms with Crippen LogP contribution in [0.5, 0.6) is 0 Å². The number of likely N-dealkylation sites (N-methyl/N-ethyl adjacent to an activating group) is 1. The van der Waals surface area contributed by atoms with Crippen LogP contribution in [0.25, 0.3) is 11.4 Å². The third kappa shape index (κ3) is 5.54. The summed E-state index contributed by atoms with van der Waals surface area (Å²) in [7, 11) is 5.56. The van der Waals surface area contributed by atoms with Crippen LogP contribution in [0, 0.1) is 11.3 Å². The van der Waals surface area contributed by atoms with Gasteiger partial charge in [-0.2, -0.15) is 18.4 Å². The predicted molar refractivity (Wildman–Crippen MR) is 148 cm³/mol.